The number of rotatable bonds is 4. The van der Waals surface area contributed by atoms with Crippen LogP contribution in [0.3, 0.4) is 0 Å². The molecule has 3 N–H and O–H groups in total. The van der Waals surface area contributed by atoms with E-state index in [0.717, 1.165) is 24.3 Å². The minimum Gasteiger partial charge on any atom is -0.394 e. The monoisotopic (exact) mass is 371 g/mol. The van der Waals surface area contributed by atoms with Crippen molar-refractivity contribution < 1.29 is 5.11 Å². The molecule has 0 aromatic carbocycles. The van der Waals surface area contributed by atoms with E-state index in [2.05, 4.69) is 15.0 Å². The van der Waals surface area contributed by atoms with E-state index >= 15 is 0 Å². The molecule has 1 fully saturated rings. The molecule has 0 bridgehead atoms. The third-order valence-corrected chi connectivity index (χ3v) is 5.37. The third-order valence-electron chi connectivity index (χ3n) is 3.64. The van der Waals surface area contributed by atoms with Gasteiger partial charge >= 0.3 is 0 Å². The SMILES string of the molecule is Nc1nc(Cl)cnc1Sc1ccnc(N2CCCC2CO)c1Cl. The van der Waals surface area contributed by atoms with Crippen molar-refractivity contribution in [3.8, 4) is 0 Å². The summed E-state index contributed by atoms with van der Waals surface area (Å²) in [7, 11) is 0. The number of hydrogen-bond acceptors (Lipinski definition) is 7. The number of aliphatic hydroxyl groups is 1. The number of aliphatic hydroxyl groups excluding tert-OH is 1. The molecule has 9 heteroatoms. The lowest BCUT2D eigenvalue weighted by Crippen LogP contribution is -2.32. The van der Waals surface area contributed by atoms with Gasteiger partial charge < -0.3 is 15.7 Å². The molecule has 6 nitrogen and oxygen atoms in total. The van der Waals surface area contributed by atoms with E-state index in [1.165, 1.54) is 18.0 Å². The van der Waals surface area contributed by atoms with Gasteiger partial charge in [0.25, 0.3) is 0 Å². The van der Waals surface area contributed by atoms with Gasteiger partial charge in [0.2, 0.25) is 0 Å². The average Bonchev–Trinajstić information content (AvgIpc) is 3.00. The summed E-state index contributed by atoms with van der Waals surface area (Å²) in [5, 5.41) is 10.8. The first-order chi connectivity index (χ1) is 11.1. The van der Waals surface area contributed by atoms with Crippen LogP contribution in [0.25, 0.3) is 0 Å². The van der Waals surface area contributed by atoms with E-state index in [9.17, 15) is 5.11 Å². The Morgan fingerprint density at radius 2 is 2.22 bits per heavy atom. The first-order valence-corrected chi connectivity index (χ1v) is 8.65. The zero-order valence-electron chi connectivity index (χ0n) is 12.1. The van der Waals surface area contributed by atoms with Crippen LogP contribution in [0.1, 0.15) is 12.8 Å². The summed E-state index contributed by atoms with van der Waals surface area (Å²) in [6.07, 6.45) is 5.08. The van der Waals surface area contributed by atoms with Crippen molar-refractivity contribution in [1.82, 2.24) is 15.0 Å². The molecule has 1 unspecified atom stereocenters. The van der Waals surface area contributed by atoms with E-state index in [1.807, 2.05) is 4.90 Å². The first kappa shape index (κ1) is 16.6. The molecule has 0 radical (unpaired) electrons. The smallest absolute Gasteiger partial charge is 0.158 e. The maximum atomic E-state index is 9.49. The average molecular weight is 372 g/mol. The summed E-state index contributed by atoms with van der Waals surface area (Å²) >= 11 is 13.6. The summed E-state index contributed by atoms with van der Waals surface area (Å²) in [5.41, 5.74) is 5.84. The predicted octanol–water partition coefficient (Wildman–Crippen LogP) is 2.87. The summed E-state index contributed by atoms with van der Waals surface area (Å²) in [4.78, 5) is 15.4. The molecule has 1 aliphatic heterocycles. The number of pyridine rings is 1. The number of nitrogen functional groups attached to an aromatic ring is 1. The van der Waals surface area contributed by atoms with Crippen LogP contribution in [0, 0.1) is 0 Å². The molecular formula is C14H15Cl2N5OS. The molecule has 1 saturated heterocycles. The number of aromatic nitrogens is 3. The van der Waals surface area contributed by atoms with E-state index in [4.69, 9.17) is 28.9 Å². The van der Waals surface area contributed by atoms with Gasteiger partial charge in [0, 0.05) is 17.6 Å². The molecule has 2 aromatic rings. The molecule has 0 aliphatic carbocycles. The molecule has 0 spiro atoms. The van der Waals surface area contributed by atoms with Crippen LogP contribution < -0.4 is 10.6 Å². The van der Waals surface area contributed by atoms with E-state index < -0.39 is 0 Å². The molecule has 1 aliphatic rings. The van der Waals surface area contributed by atoms with Crippen molar-refractivity contribution in [3.63, 3.8) is 0 Å². The fraction of sp³-hybridized carbons (Fsp3) is 0.357. The molecule has 23 heavy (non-hydrogen) atoms. The highest BCUT2D eigenvalue weighted by Gasteiger charge is 2.27. The van der Waals surface area contributed by atoms with Crippen LogP contribution in [-0.4, -0.2) is 39.3 Å². The Balaban J connectivity index is 1.90. The molecule has 3 heterocycles. The van der Waals surface area contributed by atoms with Crippen molar-refractivity contribution in [3.05, 3.63) is 28.6 Å². The highest BCUT2D eigenvalue weighted by molar-refractivity contribution is 7.99. The fourth-order valence-corrected chi connectivity index (χ4v) is 3.80. The maximum Gasteiger partial charge on any atom is 0.158 e. The Bertz CT molecular complexity index is 718. The number of hydrogen-bond donors (Lipinski definition) is 2. The van der Waals surface area contributed by atoms with Crippen LogP contribution in [0.4, 0.5) is 11.6 Å². The van der Waals surface area contributed by atoms with Crippen molar-refractivity contribution in [2.24, 2.45) is 0 Å². The standard InChI is InChI=1S/C14H15Cl2N5OS/c15-10-6-19-14(12(17)20-10)23-9-3-4-18-13(11(9)16)21-5-1-2-8(21)7-22/h3-4,6,8,22H,1-2,5,7H2,(H2,17,20). The Morgan fingerprint density at radius 1 is 1.39 bits per heavy atom. The van der Waals surface area contributed by atoms with Gasteiger partial charge in [-0.2, -0.15) is 0 Å². The second-order valence-electron chi connectivity index (χ2n) is 5.10. The number of anilines is 2. The largest absolute Gasteiger partial charge is 0.394 e. The normalized spacial score (nSPS) is 17.7. The Hall–Kier alpha value is -1.28. The van der Waals surface area contributed by atoms with Gasteiger partial charge in [0.1, 0.15) is 16.0 Å². The number of nitrogens with two attached hydrogens (primary N) is 1. The second-order valence-corrected chi connectivity index (χ2v) is 6.90. The van der Waals surface area contributed by atoms with Crippen LogP contribution >= 0.6 is 35.0 Å². The highest BCUT2D eigenvalue weighted by Crippen LogP contribution is 2.40. The van der Waals surface area contributed by atoms with E-state index in [0.29, 0.717) is 15.9 Å². The van der Waals surface area contributed by atoms with Gasteiger partial charge in [-0.25, -0.2) is 15.0 Å². The third kappa shape index (κ3) is 3.47. The van der Waals surface area contributed by atoms with Crippen LogP contribution in [0.15, 0.2) is 28.4 Å². The van der Waals surface area contributed by atoms with Gasteiger partial charge in [-0.1, -0.05) is 35.0 Å². The summed E-state index contributed by atoms with van der Waals surface area (Å²) in [6.45, 7) is 0.917. The van der Waals surface area contributed by atoms with E-state index in [-0.39, 0.29) is 23.6 Å². The van der Waals surface area contributed by atoms with Gasteiger partial charge in [-0.05, 0) is 18.9 Å². The molecule has 122 valence electrons. The molecule has 0 saturated carbocycles. The first-order valence-electron chi connectivity index (χ1n) is 7.08. The summed E-state index contributed by atoms with van der Waals surface area (Å²) < 4.78 is 0. The van der Waals surface area contributed by atoms with Crippen molar-refractivity contribution in [2.45, 2.75) is 28.8 Å². The second kappa shape index (κ2) is 7.09. The minimum atomic E-state index is 0.0562. The molecular weight excluding hydrogens is 357 g/mol. The van der Waals surface area contributed by atoms with Gasteiger partial charge in [0.15, 0.2) is 5.82 Å². The minimum absolute atomic E-state index is 0.0562. The van der Waals surface area contributed by atoms with Gasteiger partial charge in [-0.3, -0.25) is 0 Å². The van der Waals surface area contributed by atoms with Gasteiger partial charge in [-0.15, -0.1) is 0 Å². The summed E-state index contributed by atoms with van der Waals surface area (Å²) in [5.74, 6) is 0.931. The van der Waals surface area contributed by atoms with Crippen molar-refractivity contribution in [1.29, 1.82) is 0 Å². The van der Waals surface area contributed by atoms with Crippen LogP contribution in [-0.2, 0) is 0 Å². The van der Waals surface area contributed by atoms with E-state index in [1.54, 1.807) is 12.3 Å². The highest BCUT2D eigenvalue weighted by atomic mass is 35.5. The fourth-order valence-electron chi connectivity index (χ4n) is 2.55. The summed E-state index contributed by atoms with van der Waals surface area (Å²) in [6, 6.07) is 1.86. The lowest BCUT2D eigenvalue weighted by atomic mass is 10.2. The quantitative estimate of drug-likeness (QED) is 0.853. The molecule has 1 atom stereocenters. The molecule has 3 rings (SSSR count). The molecule has 0 amide bonds. The zero-order chi connectivity index (χ0) is 16.4. The topological polar surface area (TPSA) is 88.2 Å². The number of nitrogens with zero attached hydrogens (tertiary/aromatic N) is 4. The zero-order valence-corrected chi connectivity index (χ0v) is 14.4. The van der Waals surface area contributed by atoms with Crippen molar-refractivity contribution >= 4 is 46.6 Å². The molecule has 2 aromatic heterocycles. The van der Waals surface area contributed by atoms with Gasteiger partial charge in [0.05, 0.1) is 23.9 Å². The lowest BCUT2D eigenvalue weighted by Gasteiger charge is -2.25. The van der Waals surface area contributed by atoms with Crippen LogP contribution in [0.5, 0.6) is 0 Å². The Labute approximate surface area is 148 Å². The van der Waals surface area contributed by atoms with Crippen molar-refractivity contribution in [2.75, 3.05) is 23.8 Å². The predicted molar refractivity (Wildman–Crippen MR) is 92.3 cm³/mol. The number of halogens is 2. The Kier molecular flexibility index (Phi) is 5.11. The Morgan fingerprint density at radius 3 is 2.96 bits per heavy atom. The lowest BCUT2D eigenvalue weighted by molar-refractivity contribution is 0.266. The maximum absolute atomic E-state index is 9.49. The van der Waals surface area contributed by atoms with Crippen LogP contribution in [0.2, 0.25) is 10.2 Å².